The van der Waals surface area contributed by atoms with Crippen LogP contribution in [0.15, 0.2) is 54.0 Å². The first-order chi connectivity index (χ1) is 12.7. The Morgan fingerprint density at radius 3 is 2.96 bits per heavy atom. The third-order valence-electron chi connectivity index (χ3n) is 3.97. The molecule has 0 atom stereocenters. The standard InChI is InChI=1S/C18H15N5OS2/c24-15(20-13-6-1-4-12-5-2-9-19-16(12)13)8-10-23-17(21-22-18(23)25)14-7-3-11-26-14/h1-7,9,11H,8,10H2,(H,20,24)(H,22,25). The van der Waals surface area contributed by atoms with Gasteiger partial charge in [0.15, 0.2) is 10.6 Å². The highest BCUT2D eigenvalue weighted by molar-refractivity contribution is 7.71. The van der Waals surface area contributed by atoms with Gasteiger partial charge >= 0.3 is 0 Å². The molecule has 0 aliphatic heterocycles. The van der Waals surface area contributed by atoms with Crippen LogP contribution in [0, 0.1) is 4.77 Å². The van der Waals surface area contributed by atoms with E-state index in [0.717, 1.165) is 21.6 Å². The van der Waals surface area contributed by atoms with Crippen LogP contribution < -0.4 is 5.32 Å². The van der Waals surface area contributed by atoms with Crippen molar-refractivity contribution >= 4 is 46.1 Å². The molecule has 130 valence electrons. The predicted octanol–water partition coefficient (Wildman–Crippen LogP) is 4.25. The molecule has 26 heavy (non-hydrogen) atoms. The lowest BCUT2D eigenvalue weighted by Crippen LogP contribution is -2.15. The lowest BCUT2D eigenvalue weighted by molar-refractivity contribution is -0.116. The van der Waals surface area contributed by atoms with Gasteiger partial charge in [-0.3, -0.25) is 19.4 Å². The average Bonchev–Trinajstić information content (AvgIpc) is 3.30. The molecule has 8 heteroatoms. The van der Waals surface area contributed by atoms with E-state index < -0.39 is 0 Å². The molecule has 0 unspecified atom stereocenters. The molecule has 0 aliphatic rings. The van der Waals surface area contributed by atoms with Crippen molar-refractivity contribution < 1.29 is 4.79 Å². The number of hydrogen-bond acceptors (Lipinski definition) is 5. The van der Waals surface area contributed by atoms with Crippen LogP contribution in [0.3, 0.4) is 0 Å². The maximum absolute atomic E-state index is 12.4. The number of H-pyrrole nitrogens is 1. The van der Waals surface area contributed by atoms with E-state index in [-0.39, 0.29) is 12.3 Å². The van der Waals surface area contributed by atoms with Crippen molar-refractivity contribution in [3.8, 4) is 10.7 Å². The summed E-state index contributed by atoms with van der Waals surface area (Å²) in [4.78, 5) is 17.8. The second-order valence-corrected chi connectivity index (χ2v) is 6.99. The summed E-state index contributed by atoms with van der Waals surface area (Å²) >= 11 is 6.88. The van der Waals surface area contributed by atoms with Crippen LogP contribution in [0.2, 0.25) is 0 Å². The van der Waals surface area contributed by atoms with Crippen LogP contribution in [0.5, 0.6) is 0 Å². The first-order valence-electron chi connectivity index (χ1n) is 8.05. The topological polar surface area (TPSA) is 75.6 Å². The Bertz CT molecular complexity index is 1110. The maximum atomic E-state index is 12.4. The zero-order valence-electron chi connectivity index (χ0n) is 13.7. The third-order valence-corrected chi connectivity index (χ3v) is 5.15. The smallest absolute Gasteiger partial charge is 0.226 e. The van der Waals surface area contributed by atoms with Crippen molar-refractivity contribution in [2.45, 2.75) is 13.0 Å². The third kappa shape index (κ3) is 3.29. The molecule has 0 aliphatic carbocycles. The zero-order chi connectivity index (χ0) is 17.9. The fourth-order valence-electron chi connectivity index (χ4n) is 2.75. The fraction of sp³-hybridized carbons (Fsp3) is 0.111. The fourth-order valence-corrected chi connectivity index (χ4v) is 3.70. The number of carbonyl (C=O) groups excluding carboxylic acids is 1. The Balaban J connectivity index is 1.50. The van der Waals surface area contributed by atoms with Gasteiger partial charge in [0.1, 0.15) is 0 Å². The number of aromatic amines is 1. The summed E-state index contributed by atoms with van der Waals surface area (Å²) in [5.41, 5.74) is 1.49. The number of benzene rings is 1. The maximum Gasteiger partial charge on any atom is 0.226 e. The minimum absolute atomic E-state index is 0.0941. The number of thiophene rings is 1. The van der Waals surface area contributed by atoms with Crippen LogP contribution in [-0.4, -0.2) is 25.7 Å². The van der Waals surface area contributed by atoms with Gasteiger partial charge in [0.25, 0.3) is 0 Å². The van der Waals surface area contributed by atoms with Gasteiger partial charge in [-0.2, -0.15) is 5.10 Å². The minimum atomic E-state index is -0.0941. The van der Waals surface area contributed by atoms with E-state index in [9.17, 15) is 4.79 Å². The van der Waals surface area contributed by atoms with Gasteiger partial charge in [0.05, 0.1) is 16.1 Å². The summed E-state index contributed by atoms with van der Waals surface area (Å²) in [5, 5.41) is 13.0. The van der Waals surface area contributed by atoms with Gasteiger partial charge in [-0.15, -0.1) is 11.3 Å². The van der Waals surface area contributed by atoms with Crippen molar-refractivity contribution in [2.24, 2.45) is 0 Å². The number of rotatable bonds is 5. The zero-order valence-corrected chi connectivity index (χ0v) is 15.3. The number of para-hydroxylation sites is 1. The Morgan fingerprint density at radius 1 is 1.23 bits per heavy atom. The first-order valence-corrected chi connectivity index (χ1v) is 9.34. The van der Waals surface area contributed by atoms with Crippen molar-refractivity contribution in [3.05, 3.63) is 58.8 Å². The number of pyridine rings is 1. The highest BCUT2D eigenvalue weighted by Gasteiger charge is 2.12. The predicted molar refractivity (Wildman–Crippen MR) is 106 cm³/mol. The van der Waals surface area contributed by atoms with E-state index in [1.54, 1.807) is 17.5 Å². The summed E-state index contributed by atoms with van der Waals surface area (Å²) in [6.07, 6.45) is 2.01. The highest BCUT2D eigenvalue weighted by atomic mass is 32.1. The molecule has 1 aromatic carbocycles. The van der Waals surface area contributed by atoms with E-state index in [4.69, 9.17) is 12.2 Å². The molecule has 0 radical (unpaired) electrons. The van der Waals surface area contributed by atoms with Crippen molar-refractivity contribution in [1.82, 2.24) is 19.7 Å². The number of anilines is 1. The second-order valence-electron chi connectivity index (χ2n) is 5.66. The molecule has 0 fully saturated rings. The van der Waals surface area contributed by atoms with Gasteiger partial charge in [-0.25, -0.2) is 0 Å². The average molecular weight is 381 g/mol. The Morgan fingerprint density at radius 2 is 2.12 bits per heavy atom. The van der Waals surface area contributed by atoms with E-state index >= 15 is 0 Å². The molecule has 3 heterocycles. The Labute approximate surface area is 158 Å². The normalized spacial score (nSPS) is 10.9. The molecule has 4 rings (SSSR count). The molecular formula is C18H15N5OS2. The molecule has 2 N–H and O–H groups in total. The SMILES string of the molecule is O=C(CCn1c(-c2cccs2)n[nH]c1=S)Nc1cccc2cccnc12. The van der Waals surface area contributed by atoms with E-state index in [2.05, 4.69) is 20.5 Å². The summed E-state index contributed by atoms with van der Waals surface area (Å²) in [6, 6.07) is 13.5. The number of aromatic nitrogens is 4. The quantitative estimate of drug-likeness (QED) is 0.507. The van der Waals surface area contributed by atoms with Crippen LogP contribution in [-0.2, 0) is 11.3 Å². The van der Waals surface area contributed by atoms with Crippen LogP contribution in [0.1, 0.15) is 6.42 Å². The molecular weight excluding hydrogens is 366 g/mol. The van der Waals surface area contributed by atoms with Gasteiger partial charge in [-0.05, 0) is 35.8 Å². The molecule has 6 nitrogen and oxygen atoms in total. The summed E-state index contributed by atoms with van der Waals surface area (Å²) in [5.74, 6) is 0.660. The summed E-state index contributed by atoms with van der Waals surface area (Å²) in [7, 11) is 0. The van der Waals surface area contributed by atoms with Gasteiger partial charge < -0.3 is 5.32 Å². The first kappa shape index (κ1) is 16.6. The van der Waals surface area contributed by atoms with Gasteiger partial charge in [-0.1, -0.05) is 24.3 Å². The number of nitrogens with one attached hydrogen (secondary N) is 2. The monoisotopic (exact) mass is 381 g/mol. The van der Waals surface area contributed by atoms with Gasteiger partial charge in [0, 0.05) is 24.5 Å². The second kappa shape index (κ2) is 7.19. The summed E-state index contributed by atoms with van der Waals surface area (Å²) < 4.78 is 2.36. The summed E-state index contributed by atoms with van der Waals surface area (Å²) in [6.45, 7) is 0.451. The van der Waals surface area contributed by atoms with Crippen molar-refractivity contribution in [2.75, 3.05) is 5.32 Å². The largest absolute Gasteiger partial charge is 0.324 e. The molecule has 0 spiro atoms. The molecule has 1 amide bonds. The number of fused-ring (bicyclic) bond motifs is 1. The number of amides is 1. The number of hydrogen-bond donors (Lipinski definition) is 2. The molecule has 3 aromatic heterocycles. The molecule has 0 saturated heterocycles. The number of nitrogens with zero attached hydrogens (tertiary/aromatic N) is 3. The van der Waals surface area contributed by atoms with Crippen LogP contribution in [0.25, 0.3) is 21.6 Å². The highest BCUT2D eigenvalue weighted by Crippen LogP contribution is 2.23. The van der Waals surface area contributed by atoms with E-state index in [1.807, 2.05) is 52.4 Å². The van der Waals surface area contributed by atoms with Crippen molar-refractivity contribution in [1.29, 1.82) is 0 Å². The van der Waals surface area contributed by atoms with Crippen LogP contribution in [0.4, 0.5) is 5.69 Å². The lowest BCUT2D eigenvalue weighted by atomic mass is 10.2. The lowest BCUT2D eigenvalue weighted by Gasteiger charge is -2.09. The molecule has 4 aromatic rings. The Kier molecular flexibility index (Phi) is 4.59. The Hall–Kier alpha value is -2.84. The van der Waals surface area contributed by atoms with Crippen molar-refractivity contribution in [3.63, 3.8) is 0 Å². The molecule has 0 bridgehead atoms. The van der Waals surface area contributed by atoms with E-state index in [0.29, 0.717) is 17.0 Å². The minimum Gasteiger partial charge on any atom is -0.324 e. The van der Waals surface area contributed by atoms with Crippen LogP contribution >= 0.6 is 23.6 Å². The van der Waals surface area contributed by atoms with E-state index in [1.165, 1.54) is 0 Å². The molecule has 0 saturated carbocycles. The van der Waals surface area contributed by atoms with Gasteiger partial charge in [0.2, 0.25) is 5.91 Å². The number of carbonyl (C=O) groups is 1.